The van der Waals surface area contributed by atoms with Gasteiger partial charge in [0, 0.05) is 32.3 Å². The molecule has 1 amide bonds. The highest BCUT2D eigenvalue weighted by atomic mass is 32.2. The molecular weight excluding hydrogens is 428 g/mol. The van der Waals surface area contributed by atoms with Crippen molar-refractivity contribution in [3.63, 3.8) is 0 Å². The van der Waals surface area contributed by atoms with E-state index >= 15 is 0 Å². The predicted molar refractivity (Wildman–Crippen MR) is 120 cm³/mol. The van der Waals surface area contributed by atoms with Crippen molar-refractivity contribution in [1.29, 1.82) is 0 Å². The number of benzene rings is 2. The molecule has 2 aliphatic heterocycles. The summed E-state index contributed by atoms with van der Waals surface area (Å²) in [5.41, 5.74) is 3.26. The Labute approximate surface area is 188 Å². The Morgan fingerprint density at radius 1 is 0.875 bits per heavy atom. The van der Waals surface area contributed by atoms with E-state index in [0.717, 1.165) is 36.8 Å². The van der Waals surface area contributed by atoms with Gasteiger partial charge in [-0.25, -0.2) is 8.42 Å². The molecule has 0 atom stereocenters. The van der Waals surface area contributed by atoms with E-state index < -0.39 is 10.0 Å². The number of ether oxygens (including phenoxy) is 2. The zero-order valence-electron chi connectivity index (χ0n) is 17.8. The van der Waals surface area contributed by atoms with Crippen molar-refractivity contribution in [3.05, 3.63) is 59.2 Å². The summed E-state index contributed by atoms with van der Waals surface area (Å²) < 4.78 is 38.4. The monoisotopic (exact) mass is 454 g/mol. The summed E-state index contributed by atoms with van der Waals surface area (Å²) in [7, 11) is -3.55. The highest BCUT2D eigenvalue weighted by Crippen LogP contribution is 2.33. The number of aryl methyl sites for hydroxylation is 2. The van der Waals surface area contributed by atoms with Crippen LogP contribution in [0.4, 0.5) is 0 Å². The lowest BCUT2D eigenvalue weighted by Crippen LogP contribution is -2.50. The normalized spacial score (nSPS) is 18.7. The second kappa shape index (κ2) is 8.60. The maximum absolute atomic E-state index is 13.1. The number of carbonyl (C=O) groups is 1. The lowest BCUT2D eigenvalue weighted by Gasteiger charge is -2.33. The Hall–Kier alpha value is -2.84. The van der Waals surface area contributed by atoms with Crippen molar-refractivity contribution in [1.82, 2.24) is 9.21 Å². The second-order valence-electron chi connectivity index (χ2n) is 8.31. The maximum Gasteiger partial charge on any atom is 0.246 e. The molecule has 0 bridgehead atoms. The molecule has 0 N–H and O–H groups in total. The van der Waals surface area contributed by atoms with E-state index in [-0.39, 0.29) is 12.7 Å². The summed E-state index contributed by atoms with van der Waals surface area (Å²) in [5, 5.41) is 0. The average molecular weight is 455 g/mol. The van der Waals surface area contributed by atoms with E-state index in [0.29, 0.717) is 42.6 Å². The van der Waals surface area contributed by atoms with Crippen LogP contribution in [0.15, 0.2) is 47.4 Å². The molecule has 2 aromatic carbocycles. The zero-order valence-corrected chi connectivity index (χ0v) is 18.6. The van der Waals surface area contributed by atoms with Crippen molar-refractivity contribution >= 4 is 22.0 Å². The first-order valence-corrected chi connectivity index (χ1v) is 12.4. The third-order valence-corrected chi connectivity index (χ3v) is 8.22. The van der Waals surface area contributed by atoms with Crippen LogP contribution in [0.2, 0.25) is 0 Å². The smallest absolute Gasteiger partial charge is 0.246 e. The van der Waals surface area contributed by atoms with Crippen LogP contribution in [0.25, 0.3) is 6.08 Å². The SMILES string of the molecule is O=C(C=Cc1ccc2c(c1)OCO2)N1CCN(S(=O)(=O)c2ccc3c(c2)CCCC3)CC1. The van der Waals surface area contributed by atoms with Crippen molar-refractivity contribution in [2.45, 2.75) is 30.6 Å². The molecule has 5 rings (SSSR count). The molecule has 7 nitrogen and oxygen atoms in total. The van der Waals surface area contributed by atoms with Gasteiger partial charge in [0.2, 0.25) is 22.7 Å². The molecule has 1 fully saturated rings. The number of fused-ring (bicyclic) bond motifs is 2. The third-order valence-electron chi connectivity index (χ3n) is 6.32. The summed E-state index contributed by atoms with van der Waals surface area (Å²) in [5.74, 6) is 1.24. The quantitative estimate of drug-likeness (QED) is 0.664. The van der Waals surface area contributed by atoms with Gasteiger partial charge in [0.15, 0.2) is 11.5 Å². The molecular formula is C24H26N2O5S. The molecule has 32 heavy (non-hydrogen) atoms. The van der Waals surface area contributed by atoms with Crippen molar-refractivity contribution < 1.29 is 22.7 Å². The molecule has 0 spiro atoms. The number of amides is 1. The first kappa shape index (κ1) is 21.0. The molecule has 1 aliphatic carbocycles. The molecule has 0 aromatic heterocycles. The van der Waals surface area contributed by atoms with Crippen LogP contribution in [0.5, 0.6) is 11.5 Å². The Morgan fingerprint density at radius 3 is 2.44 bits per heavy atom. The molecule has 0 radical (unpaired) electrons. The van der Waals surface area contributed by atoms with Crippen LogP contribution in [0, 0.1) is 0 Å². The standard InChI is InChI=1S/C24H26N2O5S/c27-24(10-6-18-5-9-22-23(15-18)31-17-30-22)25-11-13-26(14-12-25)32(28,29)21-8-7-19-3-1-2-4-20(19)16-21/h5-10,15-16H,1-4,11-14,17H2. The minimum absolute atomic E-state index is 0.131. The van der Waals surface area contributed by atoms with Gasteiger partial charge in [0.05, 0.1) is 4.90 Å². The van der Waals surface area contributed by atoms with Crippen LogP contribution in [-0.4, -0.2) is 56.5 Å². The van der Waals surface area contributed by atoms with Gasteiger partial charge in [-0.05, 0) is 72.7 Å². The van der Waals surface area contributed by atoms with E-state index in [9.17, 15) is 13.2 Å². The fourth-order valence-corrected chi connectivity index (χ4v) is 5.93. The zero-order chi connectivity index (χ0) is 22.1. The van der Waals surface area contributed by atoms with Crippen LogP contribution in [0.3, 0.4) is 0 Å². The van der Waals surface area contributed by atoms with Crippen molar-refractivity contribution in [2.75, 3.05) is 33.0 Å². The fourth-order valence-electron chi connectivity index (χ4n) is 4.46. The summed E-state index contributed by atoms with van der Waals surface area (Å²) in [6, 6.07) is 11.0. The molecule has 2 aromatic rings. The Bertz CT molecular complexity index is 1170. The third kappa shape index (κ3) is 4.12. The molecule has 1 saturated heterocycles. The summed E-state index contributed by atoms with van der Waals surface area (Å²) in [6.45, 7) is 1.54. The Morgan fingerprint density at radius 2 is 1.62 bits per heavy atom. The minimum Gasteiger partial charge on any atom is -0.454 e. The average Bonchev–Trinajstić information content (AvgIpc) is 3.30. The lowest BCUT2D eigenvalue weighted by atomic mass is 9.92. The summed E-state index contributed by atoms with van der Waals surface area (Å²) in [6.07, 6.45) is 7.49. The number of nitrogens with zero attached hydrogens (tertiary/aromatic N) is 2. The lowest BCUT2D eigenvalue weighted by molar-refractivity contribution is -0.127. The summed E-state index contributed by atoms with van der Waals surface area (Å²) >= 11 is 0. The largest absolute Gasteiger partial charge is 0.454 e. The van der Waals surface area contributed by atoms with Crippen LogP contribution < -0.4 is 9.47 Å². The Kier molecular flexibility index (Phi) is 5.65. The fraction of sp³-hybridized carbons (Fsp3) is 0.375. The van der Waals surface area contributed by atoms with Crippen molar-refractivity contribution in [2.24, 2.45) is 0 Å². The van der Waals surface area contributed by atoms with Crippen LogP contribution >= 0.6 is 0 Å². The maximum atomic E-state index is 13.1. The van der Waals surface area contributed by atoms with Crippen molar-refractivity contribution in [3.8, 4) is 11.5 Å². The van der Waals surface area contributed by atoms with Gasteiger partial charge < -0.3 is 14.4 Å². The topological polar surface area (TPSA) is 76.2 Å². The van der Waals surface area contributed by atoms with E-state index in [4.69, 9.17) is 9.47 Å². The molecule has 0 unspecified atom stereocenters. The second-order valence-corrected chi connectivity index (χ2v) is 10.3. The van der Waals surface area contributed by atoms with Crippen LogP contribution in [-0.2, 0) is 27.7 Å². The van der Waals surface area contributed by atoms with Gasteiger partial charge in [0.25, 0.3) is 0 Å². The van der Waals surface area contributed by atoms with Gasteiger partial charge >= 0.3 is 0 Å². The minimum atomic E-state index is -3.55. The van der Waals surface area contributed by atoms with E-state index in [2.05, 4.69) is 0 Å². The molecule has 3 aliphatic rings. The Balaban J connectivity index is 1.21. The van der Waals surface area contributed by atoms with Gasteiger partial charge in [-0.15, -0.1) is 0 Å². The number of rotatable bonds is 4. The molecule has 2 heterocycles. The highest BCUT2D eigenvalue weighted by Gasteiger charge is 2.30. The number of piperazine rings is 1. The van der Waals surface area contributed by atoms with Gasteiger partial charge in [-0.1, -0.05) is 12.1 Å². The summed E-state index contributed by atoms with van der Waals surface area (Å²) in [4.78, 5) is 14.7. The first-order chi connectivity index (χ1) is 15.5. The van der Waals surface area contributed by atoms with Gasteiger partial charge in [0.1, 0.15) is 0 Å². The van der Waals surface area contributed by atoms with E-state index in [1.807, 2.05) is 30.3 Å². The first-order valence-electron chi connectivity index (χ1n) is 11.0. The van der Waals surface area contributed by atoms with Crippen LogP contribution in [0.1, 0.15) is 29.5 Å². The molecule has 8 heteroatoms. The van der Waals surface area contributed by atoms with Gasteiger partial charge in [-0.3, -0.25) is 4.79 Å². The molecule has 0 saturated carbocycles. The van der Waals surface area contributed by atoms with E-state index in [1.54, 1.807) is 17.0 Å². The number of hydrogen-bond donors (Lipinski definition) is 0. The highest BCUT2D eigenvalue weighted by molar-refractivity contribution is 7.89. The number of hydrogen-bond acceptors (Lipinski definition) is 5. The number of sulfonamides is 1. The molecule has 168 valence electrons. The predicted octanol–water partition coefficient (Wildman–Crippen LogP) is 2.84. The van der Waals surface area contributed by atoms with E-state index in [1.165, 1.54) is 15.9 Å². The number of carbonyl (C=O) groups excluding carboxylic acids is 1. The van der Waals surface area contributed by atoms with Gasteiger partial charge in [-0.2, -0.15) is 4.31 Å².